The van der Waals surface area contributed by atoms with Crippen molar-refractivity contribution in [3.05, 3.63) is 53.6 Å². The Bertz CT molecular complexity index is 953. The van der Waals surface area contributed by atoms with Gasteiger partial charge in [-0.3, -0.25) is 5.41 Å². The minimum absolute atomic E-state index is 0.0765. The molecule has 0 aromatic heterocycles. The fourth-order valence-electron chi connectivity index (χ4n) is 3.54. The summed E-state index contributed by atoms with van der Waals surface area (Å²) in [5, 5.41) is 7.58. The second kappa shape index (κ2) is 8.10. The number of ether oxygens (including phenoxy) is 1. The number of aryl methyl sites for hydroxylation is 1. The highest BCUT2D eigenvalue weighted by Crippen LogP contribution is 2.41. The van der Waals surface area contributed by atoms with Gasteiger partial charge in [-0.15, -0.1) is 0 Å². The van der Waals surface area contributed by atoms with Crippen LogP contribution in [0.4, 0.5) is 0 Å². The first-order valence-corrected chi connectivity index (χ1v) is 10.5. The van der Waals surface area contributed by atoms with Crippen LogP contribution >= 0.6 is 0 Å². The van der Waals surface area contributed by atoms with E-state index in [1.807, 2.05) is 17.9 Å². The maximum Gasteiger partial charge on any atom is 0.339 e. The molecule has 1 aliphatic rings. The Balaban J connectivity index is 1.92. The molecule has 150 valence electrons. The highest BCUT2D eigenvalue weighted by Gasteiger charge is 2.27. The van der Waals surface area contributed by atoms with Crippen LogP contribution in [0.1, 0.15) is 29.9 Å². The van der Waals surface area contributed by atoms with Crippen LogP contribution in [-0.4, -0.2) is 39.5 Å². The summed E-state index contributed by atoms with van der Waals surface area (Å²) in [4.78, 5) is 1.92. The number of rotatable bonds is 5. The maximum absolute atomic E-state index is 12.7. The van der Waals surface area contributed by atoms with Crippen molar-refractivity contribution in [2.75, 3.05) is 20.2 Å². The molecule has 0 spiro atoms. The van der Waals surface area contributed by atoms with Crippen molar-refractivity contribution in [3.8, 4) is 11.5 Å². The third-order valence-electron chi connectivity index (χ3n) is 4.94. The molecular formula is C20H25N3O4S. The summed E-state index contributed by atoms with van der Waals surface area (Å²) in [6.45, 7) is 3.25. The van der Waals surface area contributed by atoms with Crippen molar-refractivity contribution < 1.29 is 17.3 Å². The largest absolute Gasteiger partial charge is 0.492 e. The van der Waals surface area contributed by atoms with Gasteiger partial charge in [0.05, 0.1) is 7.11 Å². The first-order valence-electron chi connectivity index (χ1n) is 9.09. The van der Waals surface area contributed by atoms with Gasteiger partial charge in [-0.2, -0.15) is 8.42 Å². The molecule has 3 N–H and O–H groups in total. The Hall–Kier alpha value is -2.74. The molecule has 0 radical (unpaired) electrons. The van der Waals surface area contributed by atoms with E-state index in [-0.39, 0.29) is 22.5 Å². The van der Waals surface area contributed by atoms with Crippen molar-refractivity contribution in [2.45, 2.75) is 30.6 Å². The molecule has 0 amide bonds. The average molecular weight is 404 g/mol. The molecule has 0 atom stereocenters. The quantitative estimate of drug-likeness (QED) is 0.452. The van der Waals surface area contributed by atoms with Gasteiger partial charge in [-0.05, 0) is 49.4 Å². The molecule has 3 rings (SSSR count). The number of methoxy groups -OCH3 is 1. The summed E-state index contributed by atoms with van der Waals surface area (Å²) in [6.07, 6.45) is 1.59. The third-order valence-corrected chi connectivity index (χ3v) is 6.19. The number of guanidine groups is 1. The van der Waals surface area contributed by atoms with Crippen molar-refractivity contribution >= 4 is 16.1 Å². The van der Waals surface area contributed by atoms with Crippen molar-refractivity contribution in [1.29, 1.82) is 5.41 Å². The average Bonchev–Trinajstić information content (AvgIpc) is 2.68. The minimum atomic E-state index is -3.96. The summed E-state index contributed by atoms with van der Waals surface area (Å²) < 4.78 is 36.4. The van der Waals surface area contributed by atoms with Crippen molar-refractivity contribution in [2.24, 2.45) is 5.73 Å². The zero-order valence-electron chi connectivity index (χ0n) is 16.0. The zero-order valence-corrected chi connectivity index (χ0v) is 16.8. The van der Waals surface area contributed by atoms with Gasteiger partial charge >= 0.3 is 10.1 Å². The molecule has 0 saturated carbocycles. The number of nitrogens with zero attached hydrogens (tertiary/aromatic N) is 1. The third kappa shape index (κ3) is 4.22. The molecule has 1 heterocycles. The second-order valence-corrected chi connectivity index (χ2v) is 8.43. The molecule has 0 aliphatic carbocycles. The number of hydrogen-bond donors (Lipinski definition) is 2. The molecule has 2 aromatic rings. The fourth-order valence-corrected chi connectivity index (χ4v) is 4.48. The molecular weight excluding hydrogens is 378 g/mol. The van der Waals surface area contributed by atoms with E-state index in [0.29, 0.717) is 18.8 Å². The molecule has 1 saturated heterocycles. The number of nitrogens with two attached hydrogens (primary N) is 1. The number of nitrogens with one attached hydrogen (secondary N) is 1. The van der Waals surface area contributed by atoms with E-state index < -0.39 is 10.1 Å². The lowest BCUT2D eigenvalue weighted by molar-refractivity contribution is 0.301. The van der Waals surface area contributed by atoms with Gasteiger partial charge in [0, 0.05) is 18.7 Å². The SMILES string of the molecule is COc1c(OS(=O)(=O)c2ccccc2)cc(C)cc1C1CCN(C(=N)N)CC1. The number of piperidine rings is 1. The highest BCUT2D eigenvalue weighted by atomic mass is 32.2. The van der Waals surface area contributed by atoms with Gasteiger partial charge in [-0.1, -0.05) is 24.3 Å². The van der Waals surface area contributed by atoms with Crippen molar-refractivity contribution in [1.82, 2.24) is 4.90 Å². The smallest absolute Gasteiger partial charge is 0.339 e. The predicted octanol–water partition coefficient (Wildman–Crippen LogP) is 2.84. The van der Waals surface area contributed by atoms with Gasteiger partial charge in [0.15, 0.2) is 17.5 Å². The summed E-state index contributed by atoms with van der Waals surface area (Å²) in [5.41, 5.74) is 7.39. The normalized spacial score (nSPS) is 15.3. The first-order chi connectivity index (χ1) is 13.3. The molecule has 2 aromatic carbocycles. The lowest BCUT2D eigenvalue weighted by Crippen LogP contribution is -2.41. The lowest BCUT2D eigenvalue weighted by atomic mass is 9.88. The molecule has 1 aliphatic heterocycles. The van der Waals surface area contributed by atoms with Crippen LogP contribution in [0.3, 0.4) is 0 Å². The van der Waals surface area contributed by atoms with Gasteiger partial charge in [0.25, 0.3) is 0 Å². The van der Waals surface area contributed by atoms with E-state index in [2.05, 4.69) is 0 Å². The van der Waals surface area contributed by atoms with E-state index in [1.54, 1.807) is 24.3 Å². The van der Waals surface area contributed by atoms with Crippen molar-refractivity contribution in [3.63, 3.8) is 0 Å². The van der Waals surface area contributed by atoms with Gasteiger partial charge in [0.1, 0.15) is 4.90 Å². The van der Waals surface area contributed by atoms with Crippen LogP contribution in [0, 0.1) is 12.3 Å². The molecule has 7 nitrogen and oxygen atoms in total. The highest BCUT2D eigenvalue weighted by molar-refractivity contribution is 7.87. The lowest BCUT2D eigenvalue weighted by Gasteiger charge is -2.33. The Kier molecular flexibility index (Phi) is 5.79. The minimum Gasteiger partial charge on any atom is -0.492 e. The van der Waals surface area contributed by atoms with Gasteiger partial charge in [0.2, 0.25) is 0 Å². The van der Waals surface area contributed by atoms with Gasteiger partial charge in [-0.25, -0.2) is 0 Å². The Morgan fingerprint density at radius 1 is 1.18 bits per heavy atom. The summed E-state index contributed by atoms with van der Waals surface area (Å²) >= 11 is 0. The van der Waals surface area contributed by atoms with Gasteiger partial charge < -0.3 is 19.6 Å². The molecule has 8 heteroatoms. The second-order valence-electron chi connectivity index (χ2n) is 6.88. The fraction of sp³-hybridized carbons (Fsp3) is 0.350. The topological polar surface area (TPSA) is 106 Å². The van der Waals surface area contributed by atoms with E-state index in [9.17, 15) is 8.42 Å². The summed E-state index contributed by atoms with van der Waals surface area (Å²) in [6, 6.07) is 11.7. The molecule has 0 bridgehead atoms. The van der Waals surface area contributed by atoms with Crippen LogP contribution < -0.4 is 14.7 Å². The van der Waals surface area contributed by atoms with E-state index >= 15 is 0 Å². The number of hydrogen-bond acceptors (Lipinski definition) is 5. The molecule has 0 unspecified atom stereocenters. The maximum atomic E-state index is 12.7. The summed E-state index contributed by atoms with van der Waals surface area (Å²) in [7, 11) is -2.45. The monoisotopic (exact) mass is 403 g/mol. The zero-order chi connectivity index (χ0) is 20.3. The van der Waals surface area contributed by atoms with Crippen LogP contribution in [0.5, 0.6) is 11.5 Å². The number of likely N-dealkylation sites (tertiary alicyclic amines) is 1. The predicted molar refractivity (Wildman–Crippen MR) is 107 cm³/mol. The first kappa shape index (κ1) is 20.0. The van der Waals surface area contributed by atoms with E-state index in [0.717, 1.165) is 24.0 Å². The van der Waals surface area contributed by atoms with E-state index in [1.165, 1.54) is 19.2 Å². The molecule has 1 fully saturated rings. The number of benzene rings is 2. The standard InChI is InChI=1S/C20H25N3O4S/c1-14-12-17(15-8-10-23(11-9-15)20(21)22)19(26-2)18(13-14)27-28(24,25)16-6-4-3-5-7-16/h3-7,12-13,15H,8-11H2,1-2H3,(H3,21,22). The van der Waals surface area contributed by atoms with E-state index in [4.69, 9.17) is 20.1 Å². The van der Waals surface area contributed by atoms with Crippen LogP contribution in [0.2, 0.25) is 0 Å². The van der Waals surface area contributed by atoms with Crippen LogP contribution in [-0.2, 0) is 10.1 Å². The Morgan fingerprint density at radius 2 is 1.82 bits per heavy atom. The molecule has 28 heavy (non-hydrogen) atoms. The van der Waals surface area contributed by atoms with Crippen LogP contribution in [0.15, 0.2) is 47.4 Å². The Labute approximate surface area is 165 Å². The Morgan fingerprint density at radius 3 is 2.39 bits per heavy atom. The van der Waals surface area contributed by atoms with Crippen LogP contribution in [0.25, 0.3) is 0 Å². The summed E-state index contributed by atoms with van der Waals surface area (Å²) in [5.74, 6) is 0.876.